The molecular formula is C49H32NOSi. The van der Waals surface area contributed by atoms with Crippen LogP contribution >= 0.6 is 0 Å². The molecule has 1 radical (unpaired) electrons. The van der Waals surface area contributed by atoms with Gasteiger partial charge in [-0.1, -0.05) is 157 Å². The fourth-order valence-electron chi connectivity index (χ4n) is 9.06. The van der Waals surface area contributed by atoms with Crippen molar-refractivity contribution in [3.05, 3.63) is 216 Å². The van der Waals surface area contributed by atoms with E-state index in [1.807, 2.05) is 0 Å². The minimum absolute atomic E-state index is 0.542. The van der Waals surface area contributed by atoms with Crippen LogP contribution in [0, 0.1) is 0 Å². The topological polar surface area (TPSA) is 14.2 Å². The maximum atomic E-state index is 6.68. The number of nitrogens with zero attached hydrogens (tertiary/aromatic N) is 1. The average molecular weight is 679 g/mol. The molecule has 0 saturated heterocycles. The lowest BCUT2D eigenvalue weighted by Gasteiger charge is -2.47. The lowest BCUT2D eigenvalue weighted by molar-refractivity contribution is 0.435. The minimum Gasteiger partial charge on any atom is -0.457 e. The van der Waals surface area contributed by atoms with Crippen molar-refractivity contribution in [1.29, 1.82) is 0 Å². The summed E-state index contributed by atoms with van der Waals surface area (Å²) in [6.45, 7) is 0. The van der Waals surface area contributed by atoms with Crippen LogP contribution in [0.15, 0.2) is 194 Å². The molecule has 8 aromatic carbocycles. The molecule has 3 heteroatoms. The van der Waals surface area contributed by atoms with E-state index in [0.29, 0.717) is 0 Å². The van der Waals surface area contributed by atoms with Crippen LogP contribution in [0.1, 0.15) is 22.3 Å². The van der Waals surface area contributed by atoms with E-state index in [4.69, 9.17) is 4.74 Å². The molecule has 0 amide bonds. The van der Waals surface area contributed by atoms with Crippen molar-refractivity contribution in [2.75, 3.05) is 0 Å². The van der Waals surface area contributed by atoms with E-state index in [2.05, 4.69) is 199 Å². The third kappa shape index (κ3) is 4.05. The first kappa shape index (κ1) is 29.3. The highest BCUT2D eigenvalue weighted by atomic mass is 28.3. The molecule has 0 atom stereocenters. The average Bonchev–Trinajstić information content (AvgIpc) is 3.55. The molecule has 0 unspecified atom stereocenters. The summed E-state index contributed by atoms with van der Waals surface area (Å²) in [5.74, 6) is 1.83. The third-order valence-electron chi connectivity index (χ3n) is 11.2. The Kier molecular flexibility index (Phi) is 6.37. The van der Waals surface area contributed by atoms with Crippen LogP contribution in [0.5, 0.6) is 11.5 Å². The monoisotopic (exact) mass is 678 g/mol. The Hall–Kier alpha value is -6.42. The molecule has 243 valence electrons. The molecule has 1 spiro atoms. The largest absolute Gasteiger partial charge is 0.457 e. The number of fused-ring (bicyclic) bond motifs is 11. The van der Waals surface area contributed by atoms with Gasteiger partial charge in [0.05, 0.1) is 16.4 Å². The first-order valence-electron chi connectivity index (χ1n) is 17.9. The molecule has 0 N–H and O–H groups in total. The van der Waals surface area contributed by atoms with Gasteiger partial charge in [0.2, 0.25) is 0 Å². The Morgan fingerprint density at radius 1 is 0.404 bits per heavy atom. The summed E-state index contributed by atoms with van der Waals surface area (Å²) in [5, 5.41) is 6.80. The van der Waals surface area contributed by atoms with Crippen molar-refractivity contribution in [2.24, 2.45) is 0 Å². The zero-order chi connectivity index (χ0) is 34.2. The van der Waals surface area contributed by atoms with Gasteiger partial charge in [0.1, 0.15) is 11.5 Å². The van der Waals surface area contributed by atoms with E-state index < -0.39 is 14.2 Å². The van der Waals surface area contributed by atoms with Crippen LogP contribution < -0.4 is 20.3 Å². The van der Waals surface area contributed by atoms with Gasteiger partial charge in [-0.15, -0.1) is 0 Å². The Morgan fingerprint density at radius 3 is 1.60 bits per heavy atom. The van der Waals surface area contributed by atoms with Crippen LogP contribution in [-0.2, 0) is 5.41 Å². The van der Waals surface area contributed by atoms with Gasteiger partial charge in [-0.3, -0.25) is 0 Å². The zero-order valence-electron chi connectivity index (χ0n) is 28.3. The molecule has 9 aromatic rings. The summed E-state index contributed by atoms with van der Waals surface area (Å²) in [5.41, 5.74) is 10.5. The lowest BCUT2D eigenvalue weighted by Crippen LogP contribution is -2.62. The maximum absolute atomic E-state index is 6.68. The predicted octanol–water partition coefficient (Wildman–Crippen LogP) is 9.77. The number of rotatable bonds is 3. The second-order valence-corrected chi connectivity index (χ2v) is 16.2. The molecule has 3 heterocycles. The second kappa shape index (κ2) is 11.3. The van der Waals surface area contributed by atoms with Crippen LogP contribution in [0.3, 0.4) is 0 Å². The Balaban J connectivity index is 1.16. The number of ether oxygens (including phenoxy) is 1. The molecule has 11 rings (SSSR count). The predicted molar refractivity (Wildman–Crippen MR) is 216 cm³/mol. The number of para-hydroxylation sites is 4. The molecule has 0 aliphatic carbocycles. The summed E-state index contributed by atoms with van der Waals surface area (Å²) in [7, 11) is -1.34. The SMILES string of the molecule is c1ccc([Si]2c3ccccc3C3(c4ccccc4Oc4ccccc43)c3cc(-c4ccc(-n5c6ccccc6c6ccccc65)cc4)ccc32)cc1. The number of benzene rings is 8. The van der Waals surface area contributed by atoms with Gasteiger partial charge in [-0.05, 0) is 75.1 Å². The quantitative estimate of drug-likeness (QED) is 0.170. The smallest absolute Gasteiger partial charge is 0.155 e. The molecule has 2 aliphatic heterocycles. The Labute approximate surface area is 304 Å². The highest BCUT2D eigenvalue weighted by Gasteiger charge is 2.51. The highest BCUT2D eigenvalue weighted by molar-refractivity contribution is 6.96. The van der Waals surface area contributed by atoms with Gasteiger partial charge >= 0.3 is 0 Å². The van der Waals surface area contributed by atoms with Gasteiger partial charge in [0.25, 0.3) is 0 Å². The van der Waals surface area contributed by atoms with Gasteiger partial charge in [0, 0.05) is 27.6 Å². The van der Waals surface area contributed by atoms with E-state index in [0.717, 1.165) is 17.2 Å². The highest BCUT2D eigenvalue weighted by Crippen LogP contribution is 2.55. The zero-order valence-corrected chi connectivity index (χ0v) is 29.3. The van der Waals surface area contributed by atoms with Crippen LogP contribution in [0.4, 0.5) is 0 Å². The Bertz CT molecular complexity index is 2740. The second-order valence-electron chi connectivity index (χ2n) is 13.8. The third-order valence-corrected chi connectivity index (χ3v) is 14.1. The normalized spacial score (nSPS) is 14.0. The number of hydrogen-bond donors (Lipinski definition) is 0. The lowest BCUT2D eigenvalue weighted by atomic mass is 9.63. The first-order chi connectivity index (χ1) is 25.8. The summed E-state index contributed by atoms with van der Waals surface area (Å²) in [6.07, 6.45) is 0. The summed E-state index contributed by atoms with van der Waals surface area (Å²) >= 11 is 0. The van der Waals surface area contributed by atoms with Gasteiger partial charge in [0.15, 0.2) is 8.80 Å². The number of aromatic nitrogens is 1. The molecule has 1 aromatic heterocycles. The maximum Gasteiger partial charge on any atom is 0.155 e. The van der Waals surface area contributed by atoms with E-state index in [1.165, 1.54) is 70.7 Å². The molecule has 2 nitrogen and oxygen atoms in total. The van der Waals surface area contributed by atoms with Crippen molar-refractivity contribution in [3.8, 4) is 28.3 Å². The Morgan fingerprint density at radius 2 is 0.923 bits per heavy atom. The molecule has 0 saturated carbocycles. The summed E-state index contributed by atoms with van der Waals surface area (Å²) in [6, 6.07) is 71.4. The van der Waals surface area contributed by atoms with E-state index >= 15 is 0 Å². The fraction of sp³-hybridized carbons (Fsp3) is 0.0204. The molecule has 0 fully saturated rings. The van der Waals surface area contributed by atoms with Crippen molar-refractivity contribution in [2.45, 2.75) is 5.41 Å². The fourth-order valence-corrected chi connectivity index (χ4v) is 12.1. The van der Waals surface area contributed by atoms with Crippen LogP contribution in [0.25, 0.3) is 38.6 Å². The van der Waals surface area contributed by atoms with Gasteiger partial charge in [-0.2, -0.15) is 0 Å². The van der Waals surface area contributed by atoms with Gasteiger partial charge < -0.3 is 9.30 Å². The van der Waals surface area contributed by atoms with E-state index in [-0.39, 0.29) is 0 Å². The van der Waals surface area contributed by atoms with Crippen molar-refractivity contribution in [1.82, 2.24) is 4.57 Å². The molecular weight excluding hydrogens is 647 g/mol. The van der Waals surface area contributed by atoms with Gasteiger partial charge in [-0.25, -0.2) is 0 Å². The van der Waals surface area contributed by atoms with Crippen LogP contribution in [0.2, 0.25) is 0 Å². The van der Waals surface area contributed by atoms with Crippen LogP contribution in [-0.4, -0.2) is 13.4 Å². The van der Waals surface area contributed by atoms with Crippen molar-refractivity contribution >= 4 is 46.2 Å². The van der Waals surface area contributed by atoms with E-state index in [1.54, 1.807) is 0 Å². The molecule has 0 bridgehead atoms. The first-order valence-corrected chi connectivity index (χ1v) is 19.4. The van der Waals surface area contributed by atoms with E-state index in [9.17, 15) is 0 Å². The molecule has 2 aliphatic rings. The molecule has 52 heavy (non-hydrogen) atoms. The summed E-state index contributed by atoms with van der Waals surface area (Å²) < 4.78 is 9.06. The standard InChI is InChI=1S/C49H32NOSi/c1-2-14-36(15-3-1)52-47-25-13-8-20-41(47)49(39-18-6-11-23-45(39)51-46-24-12-7-19-40(46)49)42-32-34(28-31-48(42)52)33-26-29-35(30-27-33)50-43-21-9-4-16-37(43)38-17-5-10-22-44(38)50/h1-32H. The number of hydrogen-bond acceptors (Lipinski definition) is 1. The van der Waals surface area contributed by atoms with Crippen molar-refractivity contribution < 1.29 is 4.74 Å². The minimum atomic E-state index is -1.34. The van der Waals surface area contributed by atoms with Crippen molar-refractivity contribution in [3.63, 3.8) is 0 Å². The summed E-state index contributed by atoms with van der Waals surface area (Å²) in [4.78, 5) is 0.